The zero-order valence-electron chi connectivity index (χ0n) is 15.7. The number of allylic oxidation sites excluding steroid dienone is 2. The van der Waals surface area contributed by atoms with Crippen LogP contribution in [0, 0.1) is 17.8 Å². The summed E-state index contributed by atoms with van der Waals surface area (Å²) >= 11 is 0. The minimum absolute atomic E-state index is 0.0732. The van der Waals surface area contributed by atoms with Crippen LogP contribution in [0.4, 0.5) is 0 Å². The van der Waals surface area contributed by atoms with Crippen LogP contribution in [0.25, 0.3) is 0 Å². The molecule has 0 unspecified atom stereocenters. The van der Waals surface area contributed by atoms with Gasteiger partial charge in [0, 0.05) is 17.5 Å². The number of hydrogen-bond donors (Lipinski definition) is 1. The number of carbonyl (C=O) groups is 1. The number of fused-ring (bicyclic) bond motifs is 2. The quantitative estimate of drug-likeness (QED) is 0.807. The summed E-state index contributed by atoms with van der Waals surface area (Å²) in [6.07, 6.45) is 7.60. The minimum atomic E-state index is 0.0732. The first-order valence-electron chi connectivity index (χ1n) is 9.70. The molecule has 1 heterocycles. The lowest BCUT2D eigenvalue weighted by atomic mass is 9.93. The summed E-state index contributed by atoms with van der Waals surface area (Å²) < 4.78 is 10.6. The molecule has 1 amide bonds. The van der Waals surface area contributed by atoms with Crippen molar-refractivity contribution in [3.63, 3.8) is 0 Å². The maximum Gasteiger partial charge on any atom is 0.254 e. The molecule has 1 N–H and O–H groups in total. The van der Waals surface area contributed by atoms with Crippen LogP contribution >= 0.6 is 0 Å². The van der Waals surface area contributed by atoms with Gasteiger partial charge in [0.05, 0.1) is 46.9 Å². The van der Waals surface area contributed by atoms with Gasteiger partial charge in [-0.1, -0.05) is 12.2 Å². The van der Waals surface area contributed by atoms with E-state index in [1.54, 1.807) is 37.3 Å². The summed E-state index contributed by atoms with van der Waals surface area (Å²) in [7, 11) is 3.21. The largest absolute Gasteiger partial charge is 0.497 e. The molecule has 26 heavy (non-hydrogen) atoms. The van der Waals surface area contributed by atoms with Gasteiger partial charge in [-0.05, 0) is 36.8 Å². The zero-order valence-corrected chi connectivity index (χ0v) is 15.7. The monoisotopic (exact) mass is 357 g/mol. The first-order valence-corrected chi connectivity index (χ1v) is 9.70. The number of piperazine rings is 1. The first-order chi connectivity index (χ1) is 12.7. The summed E-state index contributed by atoms with van der Waals surface area (Å²) in [5.74, 6) is 3.89. The van der Waals surface area contributed by atoms with Crippen LogP contribution in [0.2, 0.25) is 0 Å². The molecule has 1 saturated heterocycles. The van der Waals surface area contributed by atoms with Crippen molar-refractivity contribution in [2.24, 2.45) is 17.8 Å². The Balaban J connectivity index is 1.34. The summed E-state index contributed by atoms with van der Waals surface area (Å²) in [4.78, 5) is 16.5. The number of quaternary nitrogens is 1. The Morgan fingerprint density at radius 2 is 1.77 bits per heavy atom. The lowest BCUT2D eigenvalue weighted by Crippen LogP contribution is -3.15. The normalized spacial score (nSPS) is 27.8. The Labute approximate surface area is 155 Å². The summed E-state index contributed by atoms with van der Waals surface area (Å²) in [5, 5.41) is 0. The number of amides is 1. The molecule has 1 aliphatic heterocycles. The molecule has 4 rings (SSSR count). The van der Waals surface area contributed by atoms with Gasteiger partial charge >= 0.3 is 0 Å². The van der Waals surface area contributed by atoms with E-state index in [0.717, 1.165) is 43.9 Å². The molecule has 2 bridgehead atoms. The number of carbonyl (C=O) groups excluding carboxylic acids is 1. The average molecular weight is 357 g/mol. The molecule has 2 fully saturated rings. The van der Waals surface area contributed by atoms with Gasteiger partial charge in [0.15, 0.2) is 0 Å². The molecule has 0 radical (unpaired) electrons. The highest BCUT2D eigenvalue weighted by Gasteiger charge is 2.38. The molecule has 1 saturated carbocycles. The fourth-order valence-corrected chi connectivity index (χ4v) is 4.84. The smallest absolute Gasteiger partial charge is 0.254 e. The molecule has 3 aliphatic rings. The van der Waals surface area contributed by atoms with Gasteiger partial charge in [0.25, 0.3) is 5.91 Å². The SMILES string of the molecule is COc1cc(OC)cc(C(=O)N2CC[NH+](C[C@H]3C[C@@H]4C=C[C@H]3C4)CC2)c1. The molecular formula is C21H29N2O3+. The van der Waals surface area contributed by atoms with Crippen molar-refractivity contribution in [2.45, 2.75) is 12.8 Å². The van der Waals surface area contributed by atoms with E-state index in [1.807, 2.05) is 4.90 Å². The van der Waals surface area contributed by atoms with Crippen molar-refractivity contribution in [2.75, 3.05) is 46.9 Å². The van der Waals surface area contributed by atoms with Gasteiger partial charge in [0.2, 0.25) is 0 Å². The predicted molar refractivity (Wildman–Crippen MR) is 99.9 cm³/mol. The number of methoxy groups -OCH3 is 2. The van der Waals surface area contributed by atoms with Crippen LogP contribution < -0.4 is 14.4 Å². The second-order valence-electron chi connectivity index (χ2n) is 7.89. The summed E-state index contributed by atoms with van der Waals surface area (Å²) in [6, 6.07) is 5.39. The van der Waals surface area contributed by atoms with E-state index in [9.17, 15) is 4.79 Å². The van der Waals surface area contributed by atoms with Crippen LogP contribution in [0.15, 0.2) is 30.4 Å². The van der Waals surface area contributed by atoms with Crippen LogP contribution in [-0.2, 0) is 0 Å². The number of nitrogens with zero attached hydrogens (tertiary/aromatic N) is 1. The molecule has 1 aromatic carbocycles. The third-order valence-electron chi connectivity index (χ3n) is 6.32. The second kappa shape index (κ2) is 7.31. The Bertz CT molecular complexity index is 672. The number of hydrogen-bond acceptors (Lipinski definition) is 3. The highest BCUT2D eigenvalue weighted by Crippen LogP contribution is 2.42. The zero-order chi connectivity index (χ0) is 18.1. The highest BCUT2D eigenvalue weighted by atomic mass is 16.5. The van der Waals surface area contributed by atoms with E-state index in [2.05, 4.69) is 12.2 Å². The molecule has 5 heteroatoms. The fraction of sp³-hybridized carbons (Fsp3) is 0.571. The lowest BCUT2D eigenvalue weighted by molar-refractivity contribution is -0.907. The van der Waals surface area contributed by atoms with Crippen LogP contribution in [0.3, 0.4) is 0 Å². The highest BCUT2D eigenvalue weighted by molar-refractivity contribution is 5.95. The van der Waals surface area contributed by atoms with E-state index in [0.29, 0.717) is 17.1 Å². The molecule has 1 aromatic rings. The molecular weight excluding hydrogens is 328 g/mol. The summed E-state index contributed by atoms with van der Waals surface area (Å²) in [6.45, 7) is 5.00. The van der Waals surface area contributed by atoms with Crippen molar-refractivity contribution in [3.8, 4) is 11.5 Å². The Morgan fingerprint density at radius 1 is 1.08 bits per heavy atom. The fourth-order valence-electron chi connectivity index (χ4n) is 4.84. The molecule has 0 aromatic heterocycles. The lowest BCUT2D eigenvalue weighted by Gasteiger charge is -2.34. The molecule has 2 aliphatic carbocycles. The minimum Gasteiger partial charge on any atom is -0.497 e. The van der Waals surface area contributed by atoms with Gasteiger partial charge in [-0.25, -0.2) is 0 Å². The number of benzene rings is 1. The standard InChI is InChI=1S/C21H28N2O3/c1-25-19-11-17(12-20(13-19)26-2)21(24)23-7-5-22(6-8-23)14-18-10-15-3-4-16(18)9-15/h3-4,11-13,15-16,18H,5-10,14H2,1-2H3/p+1/t15-,16+,18-/m1/s1. The Hall–Kier alpha value is -2.01. The van der Waals surface area contributed by atoms with Gasteiger partial charge in [-0.3, -0.25) is 4.79 Å². The van der Waals surface area contributed by atoms with Gasteiger partial charge in [0.1, 0.15) is 11.5 Å². The van der Waals surface area contributed by atoms with E-state index in [1.165, 1.54) is 19.4 Å². The molecule has 0 spiro atoms. The third kappa shape index (κ3) is 3.45. The van der Waals surface area contributed by atoms with Crippen LogP contribution in [-0.4, -0.2) is 57.8 Å². The van der Waals surface area contributed by atoms with E-state index < -0.39 is 0 Å². The number of rotatable bonds is 5. The third-order valence-corrected chi connectivity index (χ3v) is 6.32. The number of ether oxygens (including phenoxy) is 2. The average Bonchev–Trinajstić information content (AvgIpc) is 3.30. The maximum absolute atomic E-state index is 12.9. The maximum atomic E-state index is 12.9. The van der Waals surface area contributed by atoms with E-state index in [4.69, 9.17) is 9.47 Å². The molecule has 3 atom stereocenters. The number of nitrogens with one attached hydrogen (secondary N) is 1. The molecule has 5 nitrogen and oxygen atoms in total. The molecule has 140 valence electrons. The second-order valence-corrected chi connectivity index (χ2v) is 7.89. The van der Waals surface area contributed by atoms with Crippen molar-refractivity contribution in [3.05, 3.63) is 35.9 Å². The Kier molecular flexibility index (Phi) is 4.90. The van der Waals surface area contributed by atoms with E-state index >= 15 is 0 Å². The van der Waals surface area contributed by atoms with E-state index in [-0.39, 0.29) is 5.91 Å². The first kappa shape index (κ1) is 17.4. The van der Waals surface area contributed by atoms with Gasteiger partial charge in [-0.15, -0.1) is 0 Å². The van der Waals surface area contributed by atoms with Gasteiger partial charge < -0.3 is 19.3 Å². The van der Waals surface area contributed by atoms with Gasteiger partial charge in [-0.2, -0.15) is 0 Å². The Morgan fingerprint density at radius 3 is 2.31 bits per heavy atom. The summed E-state index contributed by atoms with van der Waals surface area (Å²) in [5.41, 5.74) is 0.642. The van der Waals surface area contributed by atoms with Crippen molar-refractivity contribution in [1.82, 2.24) is 4.90 Å². The topological polar surface area (TPSA) is 43.2 Å². The van der Waals surface area contributed by atoms with Crippen LogP contribution in [0.5, 0.6) is 11.5 Å². The predicted octanol–water partition coefficient (Wildman–Crippen LogP) is 1.26. The van der Waals surface area contributed by atoms with Crippen LogP contribution in [0.1, 0.15) is 23.2 Å². The van der Waals surface area contributed by atoms with Crippen molar-refractivity contribution < 1.29 is 19.2 Å². The van der Waals surface area contributed by atoms with Crippen molar-refractivity contribution in [1.29, 1.82) is 0 Å². The van der Waals surface area contributed by atoms with Crippen molar-refractivity contribution >= 4 is 5.91 Å².